The number of hydrogen-bond donors (Lipinski definition) is 1. The number of carbonyl (C=O) groups excluding carboxylic acids is 1. The van der Waals surface area contributed by atoms with E-state index in [1.807, 2.05) is 12.1 Å². The predicted octanol–water partition coefficient (Wildman–Crippen LogP) is 1.59. The number of hydrogen-bond acceptors (Lipinski definition) is 4. The zero-order chi connectivity index (χ0) is 14.9. The maximum absolute atomic E-state index is 12.2. The minimum absolute atomic E-state index is 0.123. The summed E-state index contributed by atoms with van der Waals surface area (Å²) in [6, 6.07) is 9.48. The van der Waals surface area contributed by atoms with Crippen molar-refractivity contribution in [3.8, 4) is 5.75 Å². The van der Waals surface area contributed by atoms with Gasteiger partial charge < -0.3 is 10.1 Å². The van der Waals surface area contributed by atoms with E-state index in [1.165, 1.54) is 11.9 Å². The van der Waals surface area contributed by atoms with Crippen LogP contribution in [0.25, 0.3) is 5.65 Å². The first-order chi connectivity index (χ1) is 10.8. The SMILES string of the molecule is O=C(NCc1ccc2c(c1)CCO2)c1ccn2ncnc2c1. The van der Waals surface area contributed by atoms with Gasteiger partial charge in [-0.3, -0.25) is 4.79 Å². The van der Waals surface area contributed by atoms with Crippen LogP contribution < -0.4 is 10.1 Å². The van der Waals surface area contributed by atoms with Crippen molar-refractivity contribution in [1.29, 1.82) is 0 Å². The first kappa shape index (κ1) is 12.8. The van der Waals surface area contributed by atoms with Gasteiger partial charge in [0.2, 0.25) is 0 Å². The molecule has 1 aliphatic rings. The Bertz CT molecular complexity index is 856. The van der Waals surface area contributed by atoms with Gasteiger partial charge in [-0.1, -0.05) is 12.1 Å². The molecular weight excluding hydrogens is 280 g/mol. The number of fused-ring (bicyclic) bond motifs is 2. The Morgan fingerprint density at radius 3 is 3.23 bits per heavy atom. The molecule has 2 aromatic heterocycles. The number of aromatic nitrogens is 3. The summed E-state index contributed by atoms with van der Waals surface area (Å²) in [5, 5.41) is 6.93. The van der Waals surface area contributed by atoms with E-state index >= 15 is 0 Å². The first-order valence-electron chi connectivity index (χ1n) is 7.12. The van der Waals surface area contributed by atoms with Gasteiger partial charge in [-0.05, 0) is 29.3 Å². The van der Waals surface area contributed by atoms with Gasteiger partial charge in [0.25, 0.3) is 5.91 Å². The van der Waals surface area contributed by atoms with E-state index < -0.39 is 0 Å². The van der Waals surface area contributed by atoms with Crippen LogP contribution in [-0.4, -0.2) is 27.1 Å². The highest BCUT2D eigenvalue weighted by Crippen LogP contribution is 2.25. The monoisotopic (exact) mass is 294 g/mol. The highest BCUT2D eigenvalue weighted by molar-refractivity contribution is 5.94. The fourth-order valence-electron chi connectivity index (χ4n) is 2.59. The van der Waals surface area contributed by atoms with E-state index in [-0.39, 0.29) is 5.91 Å². The molecule has 0 bridgehead atoms. The van der Waals surface area contributed by atoms with Gasteiger partial charge in [0.15, 0.2) is 5.65 Å². The molecule has 0 spiro atoms. The van der Waals surface area contributed by atoms with Crippen LogP contribution in [0.3, 0.4) is 0 Å². The Kier molecular flexibility index (Phi) is 3.00. The summed E-state index contributed by atoms with van der Waals surface area (Å²) in [6.45, 7) is 1.23. The Balaban J connectivity index is 1.47. The summed E-state index contributed by atoms with van der Waals surface area (Å²) < 4.78 is 7.10. The molecule has 0 fully saturated rings. The lowest BCUT2D eigenvalue weighted by molar-refractivity contribution is 0.0951. The number of benzene rings is 1. The Morgan fingerprint density at radius 1 is 1.32 bits per heavy atom. The number of pyridine rings is 1. The zero-order valence-corrected chi connectivity index (χ0v) is 11.8. The van der Waals surface area contributed by atoms with E-state index in [0.29, 0.717) is 17.8 Å². The molecule has 1 amide bonds. The molecular formula is C16H14N4O2. The van der Waals surface area contributed by atoms with Crippen LogP contribution >= 0.6 is 0 Å². The van der Waals surface area contributed by atoms with Crippen molar-refractivity contribution in [3.05, 3.63) is 59.5 Å². The van der Waals surface area contributed by atoms with Gasteiger partial charge in [0.1, 0.15) is 12.1 Å². The van der Waals surface area contributed by atoms with E-state index in [0.717, 1.165) is 24.3 Å². The minimum atomic E-state index is -0.123. The van der Waals surface area contributed by atoms with Crippen molar-refractivity contribution in [2.45, 2.75) is 13.0 Å². The molecule has 110 valence electrons. The van der Waals surface area contributed by atoms with Crippen molar-refractivity contribution in [3.63, 3.8) is 0 Å². The second-order valence-corrected chi connectivity index (χ2v) is 5.20. The molecule has 22 heavy (non-hydrogen) atoms. The Hall–Kier alpha value is -2.89. The fraction of sp³-hybridized carbons (Fsp3) is 0.188. The van der Waals surface area contributed by atoms with Crippen LogP contribution in [0.1, 0.15) is 21.5 Å². The van der Waals surface area contributed by atoms with Crippen molar-refractivity contribution >= 4 is 11.6 Å². The Labute approximate surface area is 126 Å². The number of nitrogens with one attached hydrogen (secondary N) is 1. The lowest BCUT2D eigenvalue weighted by atomic mass is 10.1. The average molecular weight is 294 g/mol. The third kappa shape index (κ3) is 2.28. The summed E-state index contributed by atoms with van der Waals surface area (Å²) in [5.41, 5.74) is 3.50. The molecule has 0 radical (unpaired) electrons. The van der Waals surface area contributed by atoms with Crippen molar-refractivity contribution in [2.75, 3.05) is 6.61 Å². The Morgan fingerprint density at radius 2 is 2.27 bits per heavy atom. The highest BCUT2D eigenvalue weighted by Gasteiger charge is 2.12. The second-order valence-electron chi connectivity index (χ2n) is 5.20. The first-order valence-corrected chi connectivity index (χ1v) is 7.12. The summed E-state index contributed by atoms with van der Waals surface area (Å²) in [5.74, 6) is 0.828. The number of carbonyl (C=O) groups is 1. The summed E-state index contributed by atoms with van der Waals surface area (Å²) in [4.78, 5) is 16.3. The molecule has 0 saturated carbocycles. The summed E-state index contributed by atoms with van der Waals surface area (Å²) >= 11 is 0. The summed E-state index contributed by atoms with van der Waals surface area (Å²) in [7, 11) is 0. The molecule has 0 aliphatic carbocycles. The number of amides is 1. The van der Waals surface area contributed by atoms with Gasteiger partial charge in [0, 0.05) is 24.7 Å². The lowest BCUT2D eigenvalue weighted by Gasteiger charge is -2.07. The highest BCUT2D eigenvalue weighted by atomic mass is 16.5. The van der Waals surface area contributed by atoms with Crippen LogP contribution in [0.2, 0.25) is 0 Å². The molecule has 4 rings (SSSR count). The van der Waals surface area contributed by atoms with E-state index in [1.54, 1.807) is 22.8 Å². The molecule has 0 atom stereocenters. The van der Waals surface area contributed by atoms with Crippen LogP contribution in [-0.2, 0) is 13.0 Å². The molecule has 1 N–H and O–H groups in total. The van der Waals surface area contributed by atoms with E-state index in [2.05, 4.69) is 21.5 Å². The number of ether oxygens (including phenoxy) is 1. The van der Waals surface area contributed by atoms with Gasteiger partial charge >= 0.3 is 0 Å². The van der Waals surface area contributed by atoms with Crippen LogP contribution in [0.5, 0.6) is 5.75 Å². The third-order valence-corrected chi connectivity index (χ3v) is 3.75. The average Bonchev–Trinajstić information content (AvgIpc) is 3.19. The quantitative estimate of drug-likeness (QED) is 0.796. The second kappa shape index (κ2) is 5.14. The fourth-order valence-corrected chi connectivity index (χ4v) is 2.59. The molecule has 6 heteroatoms. The third-order valence-electron chi connectivity index (χ3n) is 3.75. The zero-order valence-electron chi connectivity index (χ0n) is 11.8. The van der Waals surface area contributed by atoms with Crippen molar-refractivity contribution in [1.82, 2.24) is 19.9 Å². The number of rotatable bonds is 3. The number of nitrogens with zero attached hydrogens (tertiary/aromatic N) is 3. The smallest absolute Gasteiger partial charge is 0.251 e. The van der Waals surface area contributed by atoms with Gasteiger partial charge in [-0.25, -0.2) is 9.50 Å². The maximum Gasteiger partial charge on any atom is 0.251 e. The minimum Gasteiger partial charge on any atom is -0.493 e. The lowest BCUT2D eigenvalue weighted by Crippen LogP contribution is -2.22. The molecule has 3 heterocycles. The predicted molar refractivity (Wildman–Crippen MR) is 79.8 cm³/mol. The van der Waals surface area contributed by atoms with Gasteiger partial charge in [-0.2, -0.15) is 5.10 Å². The van der Waals surface area contributed by atoms with Gasteiger partial charge in [0.05, 0.1) is 6.61 Å². The van der Waals surface area contributed by atoms with Gasteiger partial charge in [-0.15, -0.1) is 0 Å². The standard InChI is InChI=1S/C16H14N4O2/c21-16(13-3-5-20-15(8-13)18-10-19-20)17-9-11-1-2-14-12(7-11)4-6-22-14/h1-3,5,7-8,10H,4,6,9H2,(H,17,21). The topological polar surface area (TPSA) is 68.5 Å². The maximum atomic E-state index is 12.2. The molecule has 1 aliphatic heterocycles. The van der Waals surface area contributed by atoms with Crippen molar-refractivity contribution in [2.24, 2.45) is 0 Å². The largest absolute Gasteiger partial charge is 0.493 e. The normalized spacial score (nSPS) is 12.9. The molecule has 0 saturated heterocycles. The van der Waals surface area contributed by atoms with Crippen LogP contribution in [0.15, 0.2) is 42.9 Å². The molecule has 3 aromatic rings. The van der Waals surface area contributed by atoms with E-state index in [4.69, 9.17) is 4.74 Å². The molecule has 1 aromatic carbocycles. The van der Waals surface area contributed by atoms with Crippen molar-refractivity contribution < 1.29 is 9.53 Å². The van der Waals surface area contributed by atoms with E-state index in [9.17, 15) is 4.79 Å². The summed E-state index contributed by atoms with van der Waals surface area (Å²) in [6.07, 6.45) is 4.12. The molecule has 6 nitrogen and oxygen atoms in total. The molecule has 0 unspecified atom stereocenters. The van der Waals surface area contributed by atoms with Crippen LogP contribution in [0.4, 0.5) is 0 Å². The van der Waals surface area contributed by atoms with Crippen LogP contribution in [0, 0.1) is 0 Å².